The van der Waals surface area contributed by atoms with Gasteiger partial charge in [0, 0.05) is 11.8 Å². The van der Waals surface area contributed by atoms with E-state index in [2.05, 4.69) is 0 Å². The van der Waals surface area contributed by atoms with E-state index in [1.54, 1.807) is 4.90 Å². The van der Waals surface area contributed by atoms with E-state index in [4.69, 9.17) is 9.84 Å². The van der Waals surface area contributed by atoms with Gasteiger partial charge in [0.15, 0.2) is 0 Å². The second-order valence-corrected chi connectivity index (χ2v) is 4.51. The Hall–Kier alpha value is -0.420. The lowest BCUT2D eigenvalue weighted by Gasteiger charge is -2.19. The van der Waals surface area contributed by atoms with Crippen LogP contribution in [0.4, 0.5) is 4.79 Å². The van der Waals surface area contributed by atoms with Crippen molar-refractivity contribution in [1.29, 1.82) is 0 Å². The summed E-state index contributed by atoms with van der Waals surface area (Å²) in [5.41, 5.74) is 0. The van der Waals surface area contributed by atoms with Crippen molar-refractivity contribution in [3.63, 3.8) is 0 Å². The first-order valence-electron chi connectivity index (χ1n) is 4.47. The molecule has 1 amide bonds. The number of amides is 1. The van der Waals surface area contributed by atoms with Crippen molar-refractivity contribution in [1.82, 2.24) is 4.90 Å². The summed E-state index contributed by atoms with van der Waals surface area (Å²) in [4.78, 5) is 13.1. The highest BCUT2D eigenvalue weighted by Crippen LogP contribution is 2.25. The molecule has 0 aromatic heterocycles. The molecule has 2 aliphatic rings. The molecule has 2 aliphatic heterocycles. The molecule has 1 unspecified atom stereocenters. The third-order valence-corrected chi connectivity index (χ3v) is 3.60. The minimum atomic E-state index is -0.307. The summed E-state index contributed by atoms with van der Waals surface area (Å²) in [7, 11) is 0. The highest BCUT2D eigenvalue weighted by Gasteiger charge is 2.36. The predicted molar refractivity (Wildman–Crippen MR) is 49.8 cm³/mol. The topological polar surface area (TPSA) is 49.8 Å². The molecule has 2 fully saturated rings. The number of rotatable bonds is 2. The summed E-state index contributed by atoms with van der Waals surface area (Å²) < 4.78 is 4.96. The predicted octanol–water partition coefficient (Wildman–Crippen LogP) is 0.305. The number of aliphatic hydroxyl groups excluding tert-OH is 1. The van der Waals surface area contributed by atoms with Gasteiger partial charge in [0.25, 0.3) is 0 Å². The molecule has 4 nitrogen and oxygen atoms in total. The number of cyclic esters (lactones) is 1. The molecule has 74 valence electrons. The molecule has 13 heavy (non-hydrogen) atoms. The van der Waals surface area contributed by atoms with E-state index in [0.717, 1.165) is 17.9 Å². The van der Waals surface area contributed by atoms with Gasteiger partial charge < -0.3 is 14.7 Å². The summed E-state index contributed by atoms with van der Waals surface area (Å²) in [6.07, 6.45) is 0.488. The SMILES string of the molecule is O=C1O[C@@H](CO)CN1C1CCSC1. The normalized spacial score (nSPS) is 33.9. The Morgan fingerprint density at radius 1 is 1.69 bits per heavy atom. The maximum absolute atomic E-state index is 11.3. The number of carbonyl (C=O) groups excluding carboxylic acids is 1. The van der Waals surface area contributed by atoms with Crippen molar-refractivity contribution in [3.8, 4) is 0 Å². The fourth-order valence-electron chi connectivity index (χ4n) is 1.70. The molecule has 1 N–H and O–H groups in total. The quantitative estimate of drug-likeness (QED) is 0.701. The Balaban J connectivity index is 1.95. The highest BCUT2D eigenvalue weighted by molar-refractivity contribution is 7.99. The second-order valence-electron chi connectivity index (χ2n) is 3.36. The van der Waals surface area contributed by atoms with Crippen LogP contribution in [0.1, 0.15) is 6.42 Å². The molecule has 0 radical (unpaired) electrons. The minimum absolute atomic E-state index is 0.0674. The third kappa shape index (κ3) is 1.76. The van der Waals surface area contributed by atoms with Crippen molar-refractivity contribution >= 4 is 17.9 Å². The summed E-state index contributed by atoms with van der Waals surface area (Å²) in [5, 5.41) is 8.84. The Bertz CT molecular complexity index is 206. The smallest absolute Gasteiger partial charge is 0.410 e. The molecular formula is C8H13NO3S. The van der Waals surface area contributed by atoms with Crippen LogP contribution in [0.5, 0.6) is 0 Å². The molecule has 0 spiro atoms. The van der Waals surface area contributed by atoms with Gasteiger partial charge in [0.2, 0.25) is 0 Å². The van der Waals surface area contributed by atoms with Crippen LogP contribution < -0.4 is 0 Å². The molecule has 0 aliphatic carbocycles. The van der Waals surface area contributed by atoms with E-state index < -0.39 is 0 Å². The zero-order chi connectivity index (χ0) is 9.26. The number of carbonyl (C=O) groups is 1. The largest absolute Gasteiger partial charge is 0.442 e. The third-order valence-electron chi connectivity index (χ3n) is 2.45. The molecule has 0 saturated carbocycles. The van der Waals surface area contributed by atoms with Crippen LogP contribution in [-0.4, -0.2) is 52.9 Å². The van der Waals surface area contributed by atoms with Gasteiger partial charge >= 0.3 is 6.09 Å². The summed E-state index contributed by atoms with van der Waals surface area (Å²) in [6, 6.07) is 0.328. The molecular weight excluding hydrogens is 190 g/mol. The molecule has 0 aromatic carbocycles. The van der Waals surface area contributed by atoms with E-state index in [1.165, 1.54) is 0 Å². The zero-order valence-corrected chi connectivity index (χ0v) is 8.13. The van der Waals surface area contributed by atoms with Gasteiger partial charge in [-0.2, -0.15) is 11.8 Å². The molecule has 2 saturated heterocycles. The average Bonchev–Trinajstić information content (AvgIpc) is 2.72. The molecule has 2 atom stereocenters. The lowest BCUT2D eigenvalue weighted by Crippen LogP contribution is -2.36. The maximum Gasteiger partial charge on any atom is 0.410 e. The van der Waals surface area contributed by atoms with E-state index in [1.807, 2.05) is 11.8 Å². The van der Waals surface area contributed by atoms with Crippen molar-refractivity contribution in [2.45, 2.75) is 18.6 Å². The van der Waals surface area contributed by atoms with Crippen molar-refractivity contribution in [2.75, 3.05) is 24.7 Å². The Morgan fingerprint density at radius 2 is 2.54 bits per heavy atom. The van der Waals surface area contributed by atoms with Crippen LogP contribution in [0.2, 0.25) is 0 Å². The number of hydrogen-bond donors (Lipinski definition) is 1. The van der Waals surface area contributed by atoms with E-state index in [-0.39, 0.29) is 18.8 Å². The lowest BCUT2D eigenvalue weighted by molar-refractivity contribution is 0.0942. The molecule has 0 aromatic rings. The van der Waals surface area contributed by atoms with Crippen LogP contribution in [-0.2, 0) is 4.74 Å². The Morgan fingerprint density at radius 3 is 3.08 bits per heavy atom. The monoisotopic (exact) mass is 203 g/mol. The van der Waals surface area contributed by atoms with E-state index in [0.29, 0.717) is 12.6 Å². The maximum atomic E-state index is 11.3. The van der Waals surface area contributed by atoms with E-state index in [9.17, 15) is 4.79 Å². The fourth-order valence-corrected chi connectivity index (χ4v) is 2.93. The molecule has 0 bridgehead atoms. The summed E-state index contributed by atoms with van der Waals surface area (Å²) in [6.45, 7) is 0.489. The first kappa shape index (κ1) is 9.15. The molecule has 2 rings (SSSR count). The van der Waals surface area contributed by atoms with Crippen LogP contribution >= 0.6 is 11.8 Å². The second kappa shape index (κ2) is 3.75. The lowest BCUT2D eigenvalue weighted by atomic mass is 10.2. The molecule has 2 heterocycles. The summed E-state index contributed by atoms with van der Waals surface area (Å²) in [5.74, 6) is 2.13. The van der Waals surface area contributed by atoms with Gasteiger partial charge in [-0.05, 0) is 12.2 Å². The van der Waals surface area contributed by atoms with Crippen molar-refractivity contribution in [3.05, 3.63) is 0 Å². The first-order chi connectivity index (χ1) is 6.31. The van der Waals surface area contributed by atoms with Gasteiger partial charge in [-0.3, -0.25) is 0 Å². The van der Waals surface area contributed by atoms with Gasteiger partial charge in [-0.1, -0.05) is 0 Å². The average molecular weight is 203 g/mol. The van der Waals surface area contributed by atoms with Crippen molar-refractivity contribution in [2.24, 2.45) is 0 Å². The van der Waals surface area contributed by atoms with Crippen LogP contribution in [0.15, 0.2) is 0 Å². The number of aliphatic hydroxyl groups is 1. The Kier molecular flexibility index (Phi) is 2.64. The zero-order valence-electron chi connectivity index (χ0n) is 7.31. The number of hydrogen-bond acceptors (Lipinski definition) is 4. The van der Waals surface area contributed by atoms with Gasteiger partial charge in [-0.15, -0.1) is 0 Å². The number of nitrogens with zero attached hydrogens (tertiary/aromatic N) is 1. The highest BCUT2D eigenvalue weighted by atomic mass is 32.2. The first-order valence-corrected chi connectivity index (χ1v) is 5.62. The molecule has 5 heteroatoms. The van der Waals surface area contributed by atoms with Gasteiger partial charge in [0.05, 0.1) is 13.2 Å². The number of thioether (sulfide) groups is 1. The van der Waals surface area contributed by atoms with Gasteiger partial charge in [-0.25, -0.2) is 4.79 Å². The van der Waals surface area contributed by atoms with Crippen LogP contribution in [0, 0.1) is 0 Å². The minimum Gasteiger partial charge on any atom is -0.442 e. The van der Waals surface area contributed by atoms with Gasteiger partial charge in [0.1, 0.15) is 6.10 Å². The summed E-state index contributed by atoms with van der Waals surface area (Å²) >= 11 is 1.87. The standard InChI is InChI=1S/C8H13NO3S/c10-4-7-3-9(8(11)12-7)6-1-2-13-5-6/h6-7,10H,1-5H2/t6?,7-/m1/s1. The van der Waals surface area contributed by atoms with Crippen molar-refractivity contribution < 1.29 is 14.6 Å². The Labute approximate surface area is 81.2 Å². The van der Waals surface area contributed by atoms with E-state index >= 15 is 0 Å². The van der Waals surface area contributed by atoms with Crippen LogP contribution in [0.3, 0.4) is 0 Å². The van der Waals surface area contributed by atoms with Crippen LogP contribution in [0.25, 0.3) is 0 Å². The number of ether oxygens (including phenoxy) is 1. The fraction of sp³-hybridized carbons (Fsp3) is 0.875.